The lowest BCUT2D eigenvalue weighted by Gasteiger charge is -2.21. The molecular weight excluding hydrogens is 202 g/mol. The maximum atomic E-state index is 10.5. The highest BCUT2D eigenvalue weighted by Gasteiger charge is 2.06. The Kier molecular flexibility index (Phi) is 4.41. The van der Waals surface area contributed by atoms with Gasteiger partial charge in [0.2, 0.25) is 0 Å². The van der Waals surface area contributed by atoms with Crippen LogP contribution in [0, 0.1) is 19.3 Å². The number of carboxylic acid groups (broad SMARTS) is 1. The molecule has 84 valence electrons. The highest BCUT2D eigenvalue weighted by Crippen LogP contribution is 2.14. The zero-order valence-corrected chi connectivity index (χ0v) is 9.31. The summed E-state index contributed by atoms with van der Waals surface area (Å²) >= 11 is 0. The SMILES string of the molecule is C#CCN(CCC(=O)O)c1ccc(C)cc1. The van der Waals surface area contributed by atoms with Crippen molar-refractivity contribution in [2.75, 3.05) is 18.0 Å². The minimum atomic E-state index is -0.811. The topological polar surface area (TPSA) is 40.5 Å². The van der Waals surface area contributed by atoms with Gasteiger partial charge in [-0.1, -0.05) is 23.6 Å². The molecule has 1 N–H and O–H groups in total. The molecule has 0 fully saturated rings. The summed E-state index contributed by atoms with van der Waals surface area (Å²) in [6, 6.07) is 7.88. The van der Waals surface area contributed by atoms with E-state index >= 15 is 0 Å². The molecule has 0 heterocycles. The summed E-state index contributed by atoms with van der Waals surface area (Å²) in [6.45, 7) is 2.87. The Balaban J connectivity index is 2.73. The average Bonchev–Trinajstić information content (AvgIpc) is 2.25. The van der Waals surface area contributed by atoms with E-state index in [0.717, 1.165) is 5.69 Å². The molecule has 1 aromatic rings. The lowest BCUT2D eigenvalue weighted by Crippen LogP contribution is -2.26. The molecule has 0 aliphatic rings. The number of carbonyl (C=O) groups is 1. The lowest BCUT2D eigenvalue weighted by atomic mass is 10.2. The summed E-state index contributed by atoms with van der Waals surface area (Å²) in [7, 11) is 0. The number of nitrogens with zero attached hydrogens (tertiary/aromatic N) is 1. The fourth-order valence-electron chi connectivity index (χ4n) is 1.40. The van der Waals surface area contributed by atoms with Gasteiger partial charge < -0.3 is 10.0 Å². The van der Waals surface area contributed by atoms with E-state index in [1.807, 2.05) is 36.1 Å². The number of hydrogen-bond donors (Lipinski definition) is 1. The number of aliphatic carboxylic acids is 1. The largest absolute Gasteiger partial charge is 0.481 e. The van der Waals surface area contributed by atoms with Gasteiger partial charge in [-0.15, -0.1) is 6.42 Å². The van der Waals surface area contributed by atoms with Gasteiger partial charge in [-0.3, -0.25) is 4.79 Å². The maximum absolute atomic E-state index is 10.5. The van der Waals surface area contributed by atoms with E-state index in [1.54, 1.807) is 0 Å². The third kappa shape index (κ3) is 3.66. The number of rotatable bonds is 5. The van der Waals surface area contributed by atoms with Crippen LogP contribution in [0.3, 0.4) is 0 Å². The van der Waals surface area contributed by atoms with Crippen LogP contribution in [0.15, 0.2) is 24.3 Å². The van der Waals surface area contributed by atoms with Gasteiger partial charge in [0.05, 0.1) is 13.0 Å². The number of hydrogen-bond acceptors (Lipinski definition) is 2. The Labute approximate surface area is 95.7 Å². The van der Waals surface area contributed by atoms with Gasteiger partial charge in [-0.05, 0) is 19.1 Å². The summed E-state index contributed by atoms with van der Waals surface area (Å²) in [4.78, 5) is 12.4. The first-order valence-electron chi connectivity index (χ1n) is 5.10. The van der Waals surface area contributed by atoms with E-state index < -0.39 is 5.97 Å². The van der Waals surface area contributed by atoms with Crippen molar-refractivity contribution in [2.24, 2.45) is 0 Å². The predicted octanol–water partition coefficient (Wildman–Crippen LogP) is 1.91. The molecular formula is C13H15NO2. The molecule has 0 amide bonds. The number of benzene rings is 1. The minimum absolute atomic E-state index is 0.0928. The van der Waals surface area contributed by atoms with Crippen molar-refractivity contribution >= 4 is 11.7 Å². The van der Waals surface area contributed by atoms with Crippen LogP contribution in [0.4, 0.5) is 5.69 Å². The van der Waals surface area contributed by atoms with Gasteiger partial charge >= 0.3 is 5.97 Å². The predicted molar refractivity (Wildman–Crippen MR) is 64.5 cm³/mol. The summed E-state index contributed by atoms with van der Waals surface area (Å²) in [5.74, 6) is 1.73. The van der Waals surface area contributed by atoms with Crippen molar-refractivity contribution in [1.82, 2.24) is 0 Å². The van der Waals surface area contributed by atoms with E-state index in [2.05, 4.69) is 5.92 Å². The molecule has 0 saturated heterocycles. The van der Waals surface area contributed by atoms with Gasteiger partial charge in [-0.25, -0.2) is 0 Å². The fourth-order valence-corrected chi connectivity index (χ4v) is 1.40. The number of aryl methyl sites for hydroxylation is 1. The second kappa shape index (κ2) is 5.82. The second-order valence-electron chi connectivity index (χ2n) is 3.60. The number of carboxylic acids is 1. The van der Waals surface area contributed by atoms with Crippen LogP contribution in [0.2, 0.25) is 0 Å². The van der Waals surface area contributed by atoms with E-state index in [0.29, 0.717) is 13.1 Å². The smallest absolute Gasteiger partial charge is 0.305 e. The van der Waals surface area contributed by atoms with E-state index in [1.165, 1.54) is 5.56 Å². The zero-order chi connectivity index (χ0) is 12.0. The van der Waals surface area contributed by atoms with Crippen LogP contribution in [0.5, 0.6) is 0 Å². The first-order valence-corrected chi connectivity index (χ1v) is 5.10. The zero-order valence-electron chi connectivity index (χ0n) is 9.31. The van der Waals surface area contributed by atoms with Crippen molar-refractivity contribution < 1.29 is 9.90 Å². The molecule has 0 unspecified atom stereocenters. The Morgan fingerprint density at radius 1 is 1.44 bits per heavy atom. The van der Waals surface area contributed by atoms with Crippen LogP contribution >= 0.6 is 0 Å². The molecule has 0 radical (unpaired) electrons. The van der Waals surface area contributed by atoms with Crippen molar-refractivity contribution in [2.45, 2.75) is 13.3 Å². The monoisotopic (exact) mass is 217 g/mol. The van der Waals surface area contributed by atoms with Crippen molar-refractivity contribution in [3.8, 4) is 12.3 Å². The third-order valence-corrected chi connectivity index (χ3v) is 2.28. The minimum Gasteiger partial charge on any atom is -0.481 e. The Morgan fingerprint density at radius 2 is 2.06 bits per heavy atom. The fraction of sp³-hybridized carbons (Fsp3) is 0.308. The quantitative estimate of drug-likeness (QED) is 0.766. The van der Waals surface area contributed by atoms with Crippen LogP contribution in [-0.2, 0) is 4.79 Å². The van der Waals surface area contributed by atoms with Crippen LogP contribution in [-0.4, -0.2) is 24.2 Å². The van der Waals surface area contributed by atoms with E-state index in [9.17, 15) is 4.79 Å². The number of terminal acetylenes is 1. The maximum Gasteiger partial charge on any atom is 0.305 e. The molecule has 0 aliphatic heterocycles. The molecule has 0 aliphatic carbocycles. The average molecular weight is 217 g/mol. The summed E-state index contributed by atoms with van der Waals surface area (Å²) in [5, 5.41) is 8.64. The number of anilines is 1. The van der Waals surface area contributed by atoms with Crippen molar-refractivity contribution in [3.05, 3.63) is 29.8 Å². The molecule has 16 heavy (non-hydrogen) atoms. The van der Waals surface area contributed by atoms with E-state index in [-0.39, 0.29) is 6.42 Å². The summed E-state index contributed by atoms with van der Waals surface area (Å²) < 4.78 is 0. The molecule has 3 nitrogen and oxygen atoms in total. The normalized spacial score (nSPS) is 9.50. The molecule has 0 bridgehead atoms. The van der Waals surface area contributed by atoms with Crippen LogP contribution < -0.4 is 4.90 Å². The first kappa shape index (κ1) is 12.1. The van der Waals surface area contributed by atoms with Gasteiger partial charge in [0.15, 0.2) is 0 Å². The van der Waals surface area contributed by atoms with Gasteiger partial charge in [0.1, 0.15) is 0 Å². The molecule has 0 aromatic heterocycles. The molecule has 0 atom stereocenters. The van der Waals surface area contributed by atoms with Gasteiger partial charge in [-0.2, -0.15) is 0 Å². The van der Waals surface area contributed by atoms with Crippen molar-refractivity contribution in [1.29, 1.82) is 0 Å². The van der Waals surface area contributed by atoms with Crippen LogP contribution in [0.25, 0.3) is 0 Å². The van der Waals surface area contributed by atoms with Crippen molar-refractivity contribution in [3.63, 3.8) is 0 Å². The summed E-state index contributed by atoms with van der Waals surface area (Å²) in [5.41, 5.74) is 2.13. The van der Waals surface area contributed by atoms with Gasteiger partial charge in [0.25, 0.3) is 0 Å². The standard InChI is InChI=1S/C13H15NO2/c1-3-9-14(10-8-13(15)16)12-6-4-11(2)5-7-12/h1,4-7H,8-10H2,2H3,(H,15,16). The molecule has 1 aromatic carbocycles. The van der Waals surface area contributed by atoms with Crippen LogP contribution in [0.1, 0.15) is 12.0 Å². The molecule has 3 heteroatoms. The Morgan fingerprint density at radius 3 is 2.56 bits per heavy atom. The lowest BCUT2D eigenvalue weighted by molar-refractivity contribution is -0.136. The molecule has 1 rings (SSSR count). The van der Waals surface area contributed by atoms with E-state index in [4.69, 9.17) is 11.5 Å². The highest BCUT2D eigenvalue weighted by molar-refractivity contribution is 5.67. The Bertz CT molecular complexity index is 389. The highest BCUT2D eigenvalue weighted by atomic mass is 16.4. The molecule has 0 saturated carbocycles. The summed E-state index contributed by atoms with van der Waals surface area (Å²) in [6.07, 6.45) is 5.36. The molecule has 0 spiro atoms. The second-order valence-corrected chi connectivity index (χ2v) is 3.60. The van der Waals surface area contributed by atoms with Gasteiger partial charge in [0, 0.05) is 12.2 Å². The Hall–Kier alpha value is -1.95. The third-order valence-electron chi connectivity index (χ3n) is 2.28. The first-order chi connectivity index (χ1) is 7.63.